The molecule has 1 amide bonds. The van der Waals surface area contributed by atoms with Crippen molar-refractivity contribution in [1.29, 1.82) is 0 Å². The highest BCUT2D eigenvalue weighted by molar-refractivity contribution is 7.99. The minimum absolute atomic E-state index is 0.167. The monoisotopic (exact) mass is 283 g/mol. The van der Waals surface area contributed by atoms with Crippen LogP contribution in [0.5, 0.6) is 0 Å². The van der Waals surface area contributed by atoms with Gasteiger partial charge in [0.05, 0.1) is 6.20 Å². The second-order valence-electron chi connectivity index (χ2n) is 3.69. The maximum atomic E-state index is 12.9. The number of thioether (sulfide) groups is 1. The van der Waals surface area contributed by atoms with E-state index in [9.17, 15) is 13.6 Å². The van der Waals surface area contributed by atoms with Crippen LogP contribution < -0.4 is 5.32 Å². The lowest BCUT2D eigenvalue weighted by molar-refractivity contribution is -0.115. The van der Waals surface area contributed by atoms with Crippen LogP contribution >= 0.6 is 11.8 Å². The van der Waals surface area contributed by atoms with Gasteiger partial charge < -0.3 is 5.32 Å². The summed E-state index contributed by atoms with van der Waals surface area (Å²) in [5.74, 6) is -0.916. The minimum Gasteiger partial charge on any atom is -0.311 e. The third-order valence-electron chi connectivity index (χ3n) is 2.26. The zero-order valence-electron chi connectivity index (χ0n) is 9.82. The van der Waals surface area contributed by atoms with Crippen LogP contribution in [-0.4, -0.2) is 21.9 Å². The highest BCUT2D eigenvalue weighted by atomic mass is 32.2. The Morgan fingerprint density at radius 3 is 2.84 bits per heavy atom. The van der Waals surface area contributed by atoms with Crippen molar-refractivity contribution in [2.75, 3.05) is 11.1 Å². The summed E-state index contributed by atoms with van der Waals surface area (Å²) in [5.41, 5.74) is 0. The van der Waals surface area contributed by atoms with E-state index in [1.54, 1.807) is 6.07 Å². The van der Waals surface area contributed by atoms with Crippen molar-refractivity contribution >= 4 is 23.5 Å². The van der Waals surface area contributed by atoms with E-state index >= 15 is 0 Å². The molecule has 19 heavy (non-hydrogen) atoms. The quantitative estimate of drug-likeness (QED) is 0.830. The van der Waals surface area contributed by atoms with Gasteiger partial charge >= 0.3 is 0 Å². The normalized spacial score (nSPS) is 10.4. The Morgan fingerprint density at radius 2 is 2.16 bits per heavy atom. The molecule has 0 radical (unpaired) electrons. The van der Waals surface area contributed by atoms with Gasteiger partial charge in [0, 0.05) is 23.1 Å². The molecule has 0 unspecified atom stereocenters. The second-order valence-corrected chi connectivity index (χ2v) is 4.86. The van der Waals surface area contributed by atoms with Gasteiger partial charge in [-0.3, -0.25) is 9.89 Å². The number of H-pyrrole nitrogens is 1. The summed E-state index contributed by atoms with van der Waals surface area (Å²) in [4.78, 5) is 12.1. The zero-order chi connectivity index (χ0) is 13.7. The third kappa shape index (κ3) is 4.06. The van der Waals surface area contributed by atoms with Gasteiger partial charge in [-0.15, -0.1) is 11.8 Å². The summed E-state index contributed by atoms with van der Waals surface area (Å²) in [5, 5.41) is 8.93. The fourth-order valence-corrected chi connectivity index (χ4v) is 2.24. The molecular weight excluding hydrogens is 272 g/mol. The molecule has 0 aliphatic heterocycles. The number of halogens is 2. The number of carbonyl (C=O) groups is 1. The average molecular weight is 283 g/mol. The molecule has 2 N–H and O–H groups in total. The maximum absolute atomic E-state index is 12.9. The van der Waals surface area contributed by atoms with Crippen molar-refractivity contribution in [3.05, 3.63) is 42.1 Å². The number of carbonyl (C=O) groups excluding carboxylic acids is 1. The first-order valence-electron chi connectivity index (χ1n) is 5.52. The molecule has 1 aromatic carbocycles. The molecule has 2 aromatic rings. The highest BCUT2D eigenvalue weighted by Crippen LogP contribution is 2.21. The molecule has 0 aliphatic carbocycles. The van der Waals surface area contributed by atoms with Gasteiger partial charge in [-0.1, -0.05) is 0 Å². The third-order valence-corrected chi connectivity index (χ3v) is 3.26. The molecule has 0 atom stereocenters. The predicted octanol–water partition coefficient (Wildman–Crippen LogP) is 2.81. The summed E-state index contributed by atoms with van der Waals surface area (Å²) >= 11 is 1.29. The fraction of sp³-hybridized carbons (Fsp3) is 0.167. The number of nitrogens with zero attached hydrogens (tertiary/aromatic N) is 1. The Kier molecular flexibility index (Phi) is 4.51. The minimum atomic E-state index is -0.882. The van der Waals surface area contributed by atoms with E-state index in [1.165, 1.54) is 24.0 Å². The van der Waals surface area contributed by atoms with Crippen molar-refractivity contribution in [1.82, 2.24) is 10.2 Å². The molecule has 0 fully saturated rings. The summed E-state index contributed by atoms with van der Waals surface area (Å²) in [6.07, 6.45) is 1.80. The first-order valence-corrected chi connectivity index (χ1v) is 6.51. The molecule has 0 saturated heterocycles. The highest BCUT2D eigenvalue weighted by Gasteiger charge is 2.06. The number of hydrogen-bond acceptors (Lipinski definition) is 3. The number of rotatable bonds is 5. The van der Waals surface area contributed by atoms with E-state index in [2.05, 4.69) is 15.5 Å². The van der Waals surface area contributed by atoms with Crippen LogP contribution in [0.2, 0.25) is 0 Å². The van der Waals surface area contributed by atoms with Gasteiger partial charge in [0.25, 0.3) is 0 Å². The van der Waals surface area contributed by atoms with E-state index in [4.69, 9.17) is 0 Å². The zero-order valence-corrected chi connectivity index (χ0v) is 10.6. The Hall–Kier alpha value is -1.89. The lowest BCUT2D eigenvalue weighted by Crippen LogP contribution is -2.12. The number of amides is 1. The van der Waals surface area contributed by atoms with Crippen molar-refractivity contribution in [3.63, 3.8) is 0 Å². The molecule has 0 aliphatic rings. The molecule has 0 saturated carbocycles. The number of benzene rings is 1. The SMILES string of the molecule is O=C(CCSc1ccc(F)c(F)c1)Nc1ccn[nH]1. The van der Waals surface area contributed by atoms with Gasteiger partial charge in [0.1, 0.15) is 5.82 Å². The first kappa shape index (κ1) is 13.5. The molecule has 1 aromatic heterocycles. The van der Waals surface area contributed by atoms with E-state index in [0.29, 0.717) is 16.5 Å². The van der Waals surface area contributed by atoms with Gasteiger partial charge in [0.2, 0.25) is 5.91 Å². The summed E-state index contributed by atoms with van der Waals surface area (Å²) in [7, 11) is 0. The molecule has 0 bridgehead atoms. The van der Waals surface area contributed by atoms with Crippen molar-refractivity contribution < 1.29 is 13.6 Å². The van der Waals surface area contributed by atoms with Crippen LogP contribution in [0.1, 0.15) is 6.42 Å². The number of anilines is 1. The Bertz CT molecular complexity index is 560. The Morgan fingerprint density at radius 1 is 1.32 bits per heavy atom. The van der Waals surface area contributed by atoms with Crippen LogP contribution in [0.3, 0.4) is 0 Å². The van der Waals surface area contributed by atoms with E-state index in [-0.39, 0.29) is 12.3 Å². The topological polar surface area (TPSA) is 57.8 Å². The largest absolute Gasteiger partial charge is 0.311 e. The predicted molar refractivity (Wildman–Crippen MR) is 68.9 cm³/mol. The molecule has 4 nitrogen and oxygen atoms in total. The summed E-state index contributed by atoms with van der Waals surface area (Å²) in [6, 6.07) is 5.31. The van der Waals surface area contributed by atoms with Crippen LogP contribution in [0, 0.1) is 11.6 Å². The van der Waals surface area contributed by atoms with Gasteiger partial charge in [-0.05, 0) is 18.2 Å². The fourth-order valence-electron chi connectivity index (χ4n) is 1.37. The summed E-state index contributed by atoms with van der Waals surface area (Å²) in [6.45, 7) is 0. The van der Waals surface area contributed by atoms with E-state index < -0.39 is 11.6 Å². The van der Waals surface area contributed by atoms with Crippen LogP contribution in [0.25, 0.3) is 0 Å². The van der Waals surface area contributed by atoms with E-state index in [1.807, 2.05) is 0 Å². The average Bonchev–Trinajstić information content (AvgIpc) is 2.86. The molecule has 2 rings (SSSR count). The number of aromatic nitrogens is 2. The van der Waals surface area contributed by atoms with Crippen molar-refractivity contribution in [2.24, 2.45) is 0 Å². The molecule has 0 spiro atoms. The standard InChI is InChI=1S/C12H11F2N3OS/c13-9-2-1-8(7-10(9)14)19-6-4-12(18)16-11-3-5-15-17-11/h1-3,5,7H,4,6H2,(H2,15,16,17,18). The number of aromatic amines is 1. The first-order chi connectivity index (χ1) is 9.15. The van der Waals surface area contributed by atoms with E-state index in [0.717, 1.165) is 12.1 Å². The van der Waals surface area contributed by atoms with Gasteiger partial charge in [-0.2, -0.15) is 5.10 Å². The van der Waals surface area contributed by atoms with Crippen LogP contribution in [0.15, 0.2) is 35.4 Å². The molecule has 7 heteroatoms. The van der Waals surface area contributed by atoms with Crippen LogP contribution in [0.4, 0.5) is 14.6 Å². The number of hydrogen-bond donors (Lipinski definition) is 2. The molecule has 100 valence electrons. The van der Waals surface area contributed by atoms with Gasteiger partial charge in [0.15, 0.2) is 11.6 Å². The molecular formula is C12H11F2N3OS. The van der Waals surface area contributed by atoms with Crippen molar-refractivity contribution in [3.8, 4) is 0 Å². The maximum Gasteiger partial charge on any atom is 0.226 e. The van der Waals surface area contributed by atoms with Crippen LogP contribution in [-0.2, 0) is 4.79 Å². The Balaban J connectivity index is 1.76. The van der Waals surface area contributed by atoms with Crippen molar-refractivity contribution in [2.45, 2.75) is 11.3 Å². The lowest BCUT2D eigenvalue weighted by Gasteiger charge is -2.03. The lowest BCUT2D eigenvalue weighted by atomic mass is 10.3. The Labute approximate surface area is 112 Å². The smallest absolute Gasteiger partial charge is 0.226 e. The second kappa shape index (κ2) is 6.33. The molecule has 1 heterocycles. The number of nitrogens with one attached hydrogen (secondary N) is 2. The van der Waals surface area contributed by atoms with Gasteiger partial charge in [-0.25, -0.2) is 8.78 Å². The summed E-state index contributed by atoms with van der Waals surface area (Å²) < 4.78 is 25.6.